The predicted octanol–water partition coefficient (Wildman–Crippen LogP) is 2.41. The Bertz CT molecular complexity index is 436. The highest BCUT2D eigenvalue weighted by molar-refractivity contribution is 5.55. The molecule has 1 aromatic carbocycles. The zero-order valence-electron chi connectivity index (χ0n) is 11.9. The van der Waals surface area contributed by atoms with Crippen molar-refractivity contribution in [2.45, 2.75) is 32.4 Å². The molecule has 106 valence electrons. The van der Waals surface area contributed by atoms with Gasteiger partial charge in [0.05, 0.1) is 6.10 Å². The zero-order valence-corrected chi connectivity index (χ0v) is 11.9. The Morgan fingerprint density at radius 1 is 1.42 bits per heavy atom. The maximum Gasteiger partial charge on any atom is 0.131 e. The zero-order chi connectivity index (χ0) is 14.0. The number of benzene rings is 1. The first-order chi connectivity index (χ1) is 9.04. The minimum atomic E-state index is -0.782. The molecule has 0 spiro atoms. The average molecular weight is 266 g/mol. The van der Waals surface area contributed by atoms with E-state index >= 15 is 0 Å². The Labute approximate surface area is 114 Å². The second kappa shape index (κ2) is 5.88. The molecule has 0 saturated carbocycles. The van der Waals surface area contributed by atoms with Gasteiger partial charge in [0.15, 0.2) is 0 Å². The molecule has 0 amide bonds. The Morgan fingerprint density at radius 2 is 2.16 bits per heavy atom. The molecule has 1 aromatic rings. The van der Waals surface area contributed by atoms with E-state index in [1.165, 1.54) is 6.07 Å². The molecule has 0 aromatic heterocycles. The third-order valence-electron chi connectivity index (χ3n) is 4.04. The number of hydrogen-bond donors (Lipinski definition) is 1. The number of likely N-dealkylation sites (N-methyl/N-ethyl adjacent to an activating group) is 1. The molecule has 1 unspecified atom stereocenters. The Kier molecular flexibility index (Phi) is 4.42. The van der Waals surface area contributed by atoms with Crippen molar-refractivity contribution in [1.29, 1.82) is 0 Å². The number of aliphatic hydroxyl groups excluding tert-OH is 1. The van der Waals surface area contributed by atoms with Gasteiger partial charge >= 0.3 is 0 Å². The second-order valence-electron chi connectivity index (χ2n) is 5.34. The van der Waals surface area contributed by atoms with Gasteiger partial charge in [0, 0.05) is 36.9 Å². The van der Waals surface area contributed by atoms with Crippen molar-refractivity contribution in [3.63, 3.8) is 0 Å². The summed E-state index contributed by atoms with van der Waals surface area (Å²) in [6.07, 6.45) is 0.294. The van der Waals surface area contributed by atoms with Crippen molar-refractivity contribution < 1.29 is 9.50 Å². The van der Waals surface area contributed by atoms with Crippen molar-refractivity contribution in [2.24, 2.45) is 0 Å². The quantitative estimate of drug-likeness (QED) is 0.910. The van der Waals surface area contributed by atoms with Crippen LogP contribution in [-0.2, 0) is 0 Å². The number of hydrogen-bond acceptors (Lipinski definition) is 3. The lowest BCUT2D eigenvalue weighted by Crippen LogP contribution is -2.51. The highest BCUT2D eigenvalue weighted by Crippen LogP contribution is 2.30. The lowest BCUT2D eigenvalue weighted by atomic mass is 10.0. The van der Waals surface area contributed by atoms with Crippen LogP contribution < -0.4 is 4.90 Å². The molecular formula is C15H23FN2O. The average Bonchev–Trinajstić information content (AvgIpc) is 2.38. The van der Waals surface area contributed by atoms with Gasteiger partial charge in [-0.2, -0.15) is 0 Å². The normalized spacial score (nSPS) is 22.6. The molecule has 0 aliphatic carbocycles. The smallest absolute Gasteiger partial charge is 0.131 e. The van der Waals surface area contributed by atoms with Gasteiger partial charge in [-0.1, -0.05) is 13.0 Å². The minimum Gasteiger partial charge on any atom is -0.389 e. The second-order valence-corrected chi connectivity index (χ2v) is 5.34. The molecule has 4 heteroatoms. The van der Waals surface area contributed by atoms with E-state index in [2.05, 4.69) is 23.8 Å². The van der Waals surface area contributed by atoms with E-state index in [1.807, 2.05) is 6.07 Å². The van der Waals surface area contributed by atoms with Gasteiger partial charge < -0.3 is 10.0 Å². The van der Waals surface area contributed by atoms with Crippen molar-refractivity contribution in [3.8, 4) is 0 Å². The Balaban J connectivity index is 2.29. The first-order valence-electron chi connectivity index (χ1n) is 6.96. The maximum absolute atomic E-state index is 13.9. The van der Waals surface area contributed by atoms with E-state index in [-0.39, 0.29) is 5.82 Å². The van der Waals surface area contributed by atoms with Crippen LogP contribution in [0.5, 0.6) is 0 Å². The third-order valence-corrected chi connectivity index (χ3v) is 4.04. The van der Waals surface area contributed by atoms with Crippen LogP contribution in [0.2, 0.25) is 0 Å². The van der Waals surface area contributed by atoms with Crippen LogP contribution >= 0.6 is 0 Å². The lowest BCUT2D eigenvalue weighted by molar-refractivity contribution is 0.191. The fourth-order valence-corrected chi connectivity index (χ4v) is 2.82. The van der Waals surface area contributed by atoms with Crippen molar-refractivity contribution in [1.82, 2.24) is 4.90 Å². The first kappa shape index (κ1) is 14.3. The topological polar surface area (TPSA) is 26.7 Å². The highest BCUT2D eigenvalue weighted by atomic mass is 19.1. The van der Waals surface area contributed by atoms with E-state index in [0.717, 1.165) is 31.7 Å². The van der Waals surface area contributed by atoms with Crippen molar-refractivity contribution in [2.75, 3.05) is 31.6 Å². The summed E-state index contributed by atoms with van der Waals surface area (Å²) in [5.74, 6) is -0.320. The molecule has 1 aliphatic rings. The van der Waals surface area contributed by atoms with E-state index < -0.39 is 6.10 Å². The minimum absolute atomic E-state index is 0.320. The molecule has 2 atom stereocenters. The standard InChI is InChI=1S/C15H23FN2O/c1-4-12-10-18(9-8-17(12)3)14-7-5-6-13(16)15(14)11(2)19/h5-7,11-12,19H,4,8-10H2,1-3H3/t11-,12?/m1/s1. The molecule has 2 rings (SSSR count). The monoisotopic (exact) mass is 266 g/mol. The molecule has 1 fully saturated rings. The number of halogens is 1. The van der Waals surface area contributed by atoms with Gasteiger partial charge in [0.1, 0.15) is 5.82 Å². The number of aliphatic hydroxyl groups is 1. The molecule has 19 heavy (non-hydrogen) atoms. The molecule has 1 aliphatic heterocycles. The van der Waals surface area contributed by atoms with Crippen molar-refractivity contribution >= 4 is 5.69 Å². The van der Waals surface area contributed by atoms with Crippen LogP contribution in [0.15, 0.2) is 18.2 Å². The lowest BCUT2D eigenvalue weighted by Gasteiger charge is -2.41. The number of piperazine rings is 1. The molecule has 1 N–H and O–H groups in total. The van der Waals surface area contributed by atoms with E-state index in [9.17, 15) is 9.50 Å². The Morgan fingerprint density at radius 3 is 2.79 bits per heavy atom. The van der Waals surface area contributed by atoms with Crippen LogP contribution in [0.4, 0.5) is 10.1 Å². The van der Waals surface area contributed by atoms with Gasteiger partial charge in [-0.05, 0) is 32.5 Å². The molecule has 1 saturated heterocycles. The van der Waals surface area contributed by atoms with Crippen LogP contribution in [-0.4, -0.2) is 42.7 Å². The summed E-state index contributed by atoms with van der Waals surface area (Å²) in [6, 6.07) is 5.52. The highest BCUT2D eigenvalue weighted by Gasteiger charge is 2.26. The van der Waals surface area contributed by atoms with Crippen LogP contribution in [0.25, 0.3) is 0 Å². The fourth-order valence-electron chi connectivity index (χ4n) is 2.82. The van der Waals surface area contributed by atoms with Gasteiger partial charge in [-0.3, -0.25) is 4.90 Å². The van der Waals surface area contributed by atoms with Crippen LogP contribution in [0.3, 0.4) is 0 Å². The van der Waals surface area contributed by atoms with Gasteiger partial charge in [0.25, 0.3) is 0 Å². The fraction of sp³-hybridized carbons (Fsp3) is 0.600. The van der Waals surface area contributed by atoms with E-state index in [0.29, 0.717) is 11.6 Å². The summed E-state index contributed by atoms with van der Waals surface area (Å²) >= 11 is 0. The number of rotatable bonds is 3. The number of nitrogens with zero attached hydrogens (tertiary/aromatic N) is 2. The molecular weight excluding hydrogens is 243 g/mol. The molecule has 0 bridgehead atoms. The first-order valence-corrected chi connectivity index (χ1v) is 6.96. The summed E-state index contributed by atoms with van der Waals surface area (Å²) in [5, 5.41) is 9.81. The van der Waals surface area contributed by atoms with Crippen LogP contribution in [0.1, 0.15) is 31.9 Å². The summed E-state index contributed by atoms with van der Waals surface area (Å²) in [6.45, 7) is 6.52. The summed E-state index contributed by atoms with van der Waals surface area (Å²) in [7, 11) is 2.13. The van der Waals surface area contributed by atoms with Gasteiger partial charge in [-0.25, -0.2) is 4.39 Å². The van der Waals surface area contributed by atoms with Crippen LogP contribution in [0, 0.1) is 5.82 Å². The summed E-state index contributed by atoms with van der Waals surface area (Å²) < 4.78 is 13.9. The van der Waals surface area contributed by atoms with Gasteiger partial charge in [-0.15, -0.1) is 0 Å². The summed E-state index contributed by atoms with van der Waals surface area (Å²) in [4.78, 5) is 4.54. The largest absolute Gasteiger partial charge is 0.389 e. The molecule has 3 nitrogen and oxygen atoms in total. The Hall–Kier alpha value is -1.13. The third kappa shape index (κ3) is 2.90. The van der Waals surface area contributed by atoms with Crippen molar-refractivity contribution in [3.05, 3.63) is 29.6 Å². The van der Waals surface area contributed by atoms with Gasteiger partial charge in [0.2, 0.25) is 0 Å². The number of anilines is 1. The summed E-state index contributed by atoms with van der Waals surface area (Å²) in [5.41, 5.74) is 1.25. The van der Waals surface area contributed by atoms with E-state index in [1.54, 1.807) is 13.0 Å². The molecule has 1 heterocycles. The maximum atomic E-state index is 13.9. The molecule has 0 radical (unpaired) electrons. The van der Waals surface area contributed by atoms with E-state index in [4.69, 9.17) is 0 Å². The predicted molar refractivity (Wildman–Crippen MR) is 76.0 cm³/mol. The SMILES string of the molecule is CCC1CN(c2cccc(F)c2[C@@H](C)O)CCN1C.